The fourth-order valence-electron chi connectivity index (χ4n) is 2.04. The minimum Gasteiger partial charge on any atom is -0.340 e. The van der Waals surface area contributed by atoms with E-state index in [2.05, 4.69) is 4.98 Å². The van der Waals surface area contributed by atoms with Gasteiger partial charge < -0.3 is 10.6 Å². The maximum Gasteiger partial charge on any atom is 0.227 e. The SMILES string of the molecule is Cc1nc(CN(C)C(=O)Cc2ccccc2CN)cs1. The zero-order valence-corrected chi connectivity index (χ0v) is 12.6. The Balaban J connectivity index is 2.00. The smallest absolute Gasteiger partial charge is 0.227 e. The average Bonchev–Trinajstić information content (AvgIpc) is 2.84. The predicted molar refractivity (Wildman–Crippen MR) is 81.4 cm³/mol. The number of thiazole rings is 1. The number of likely N-dealkylation sites (N-methyl/N-ethyl adjacent to an activating group) is 1. The van der Waals surface area contributed by atoms with Gasteiger partial charge in [-0.05, 0) is 18.1 Å². The van der Waals surface area contributed by atoms with Gasteiger partial charge in [-0.1, -0.05) is 24.3 Å². The first-order valence-corrected chi connectivity index (χ1v) is 7.40. The van der Waals surface area contributed by atoms with Gasteiger partial charge in [0.05, 0.1) is 23.7 Å². The molecule has 0 unspecified atom stereocenters. The molecule has 0 radical (unpaired) electrons. The van der Waals surface area contributed by atoms with Crippen molar-refractivity contribution < 1.29 is 4.79 Å². The molecule has 0 aliphatic heterocycles. The van der Waals surface area contributed by atoms with Crippen molar-refractivity contribution in [2.24, 2.45) is 5.73 Å². The molecule has 2 rings (SSSR count). The number of nitrogens with two attached hydrogens (primary N) is 1. The third-order valence-corrected chi connectivity index (χ3v) is 3.99. The molecular formula is C15H19N3OS. The predicted octanol–water partition coefficient (Wildman–Crippen LogP) is 2.11. The lowest BCUT2D eigenvalue weighted by Crippen LogP contribution is -2.28. The van der Waals surface area contributed by atoms with Crippen LogP contribution < -0.4 is 5.73 Å². The first kappa shape index (κ1) is 14.7. The molecule has 0 aliphatic carbocycles. The monoisotopic (exact) mass is 289 g/mol. The van der Waals surface area contributed by atoms with Crippen molar-refractivity contribution in [2.75, 3.05) is 7.05 Å². The van der Waals surface area contributed by atoms with Crippen LogP contribution >= 0.6 is 11.3 Å². The average molecular weight is 289 g/mol. The third-order valence-electron chi connectivity index (χ3n) is 3.17. The zero-order valence-electron chi connectivity index (χ0n) is 11.8. The van der Waals surface area contributed by atoms with Crippen molar-refractivity contribution in [3.63, 3.8) is 0 Å². The van der Waals surface area contributed by atoms with E-state index in [9.17, 15) is 4.79 Å². The fraction of sp³-hybridized carbons (Fsp3) is 0.333. The van der Waals surface area contributed by atoms with E-state index >= 15 is 0 Å². The number of aryl methyl sites for hydroxylation is 1. The number of hydrogen-bond donors (Lipinski definition) is 1. The van der Waals surface area contributed by atoms with Gasteiger partial charge in [-0.25, -0.2) is 4.98 Å². The summed E-state index contributed by atoms with van der Waals surface area (Å²) in [6.45, 7) is 2.97. The van der Waals surface area contributed by atoms with Crippen molar-refractivity contribution in [3.05, 3.63) is 51.5 Å². The first-order valence-electron chi connectivity index (χ1n) is 6.52. The molecule has 0 saturated carbocycles. The second-order valence-electron chi connectivity index (χ2n) is 4.76. The lowest BCUT2D eigenvalue weighted by molar-refractivity contribution is -0.129. The molecule has 0 bridgehead atoms. The maximum absolute atomic E-state index is 12.3. The van der Waals surface area contributed by atoms with Gasteiger partial charge in [-0.2, -0.15) is 0 Å². The van der Waals surface area contributed by atoms with E-state index < -0.39 is 0 Å². The molecule has 20 heavy (non-hydrogen) atoms. The van der Waals surface area contributed by atoms with Crippen molar-refractivity contribution in [1.82, 2.24) is 9.88 Å². The van der Waals surface area contributed by atoms with E-state index in [4.69, 9.17) is 5.73 Å². The van der Waals surface area contributed by atoms with Crippen molar-refractivity contribution in [2.45, 2.75) is 26.4 Å². The molecule has 0 atom stereocenters. The van der Waals surface area contributed by atoms with Gasteiger partial charge in [-0.3, -0.25) is 4.79 Å². The first-order chi connectivity index (χ1) is 9.60. The molecule has 2 N–H and O–H groups in total. The Kier molecular flexibility index (Phi) is 4.87. The minimum atomic E-state index is 0.0801. The Morgan fingerprint density at radius 2 is 2.05 bits per heavy atom. The van der Waals surface area contributed by atoms with E-state index in [0.29, 0.717) is 19.5 Å². The number of nitrogens with zero attached hydrogens (tertiary/aromatic N) is 2. The van der Waals surface area contributed by atoms with Gasteiger partial charge in [-0.15, -0.1) is 11.3 Å². The highest BCUT2D eigenvalue weighted by Crippen LogP contribution is 2.13. The van der Waals surface area contributed by atoms with Gasteiger partial charge in [0.1, 0.15) is 0 Å². The summed E-state index contributed by atoms with van der Waals surface area (Å²) in [6, 6.07) is 7.80. The van der Waals surface area contributed by atoms with Gasteiger partial charge in [0.15, 0.2) is 0 Å². The van der Waals surface area contributed by atoms with Crippen molar-refractivity contribution in [1.29, 1.82) is 0 Å². The Morgan fingerprint density at radius 1 is 1.35 bits per heavy atom. The van der Waals surface area contributed by atoms with E-state index in [1.807, 2.05) is 43.6 Å². The van der Waals surface area contributed by atoms with Gasteiger partial charge >= 0.3 is 0 Å². The van der Waals surface area contributed by atoms with Crippen LogP contribution in [-0.4, -0.2) is 22.8 Å². The van der Waals surface area contributed by atoms with Crippen molar-refractivity contribution >= 4 is 17.2 Å². The Hall–Kier alpha value is -1.72. The number of carbonyl (C=O) groups is 1. The maximum atomic E-state index is 12.3. The fourth-order valence-corrected chi connectivity index (χ4v) is 2.64. The van der Waals surface area contributed by atoms with Gasteiger partial charge in [0.25, 0.3) is 0 Å². The van der Waals surface area contributed by atoms with E-state index in [1.54, 1.807) is 16.2 Å². The zero-order chi connectivity index (χ0) is 14.5. The standard InChI is InChI=1S/C15H19N3OS/c1-11-17-14(10-20-11)9-18(2)15(19)7-12-5-3-4-6-13(12)8-16/h3-6,10H,7-9,16H2,1-2H3. The number of aromatic nitrogens is 1. The molecule has 106 valence electrons. The molecule has 1 heterocycles. The molecule has 0 aliphatic rings. The minimum absolute atomic E-state index is 0.0801. The highest BCUT2D eigenvalue weighted by molar-refractivity contribution is 7.09. The van der Waals surface area contributed by atoms with Crippen LogP contribution in [0.3, 0.4) is 0 Å². The molecule has 0 spiro atoms. The van der Waals surface area contributed by atoms with Crippen LogP contribution in [0.4, 0.5) is 0 Å². The van der Waals surface area contributed by atoms with Gasteiger partial charge in [0.2, 0.25) is 5.91 Å². The lowest BCUT2D eigenvalue weighted by atomic mass is 10.0. The van der Waals surface area contributed by atoms with Gasteiger partial charge in [0, 0.05) is 19.0 Å². The van der Waals surface area contributed by atoms with Crippen LogP contribution in [0.25, 0.3) is 0 Å². The normalized spacial score (nSPS) is 10.6. The highest BCUT2D eigenvalue weighted by atomic mass is 32.1. The molecule has 1 aromatic heterocycles. The van der Waals surface area contributed by atoms with Crippen LogP contribution in [0.15, 0.2) is 29.6 Å². The molecule has 1 amide bonds. The molecule has 0 fully saturated rings. The van der Waals surface area contributed by atoms with Crippen LogP contribution in [0.2, 0.25) is 0 Å². The molecule has 5 heteroatoms. The molecule has 0 saturated heterocycles. The molecule has 4 nitrogen and oxygen atoms in total. The number of hydrogen-bond acceptors (Lipinski definition) is 4. The molecule has 1 aromatic carbocycles. The summed E-state index contributed by atoms with van der Waals surface area (Å²) in [7, 11) is 1.81. The highest BCUT2D eigenvalue weighted by Gasteiger charge is 2.13. The number of benzene rings is 1. The Morgan fingerprint density at radius 3 is 2.65 bits per heavy atom. The summed E-state index contributed by atoms with van der Waals surface area (Å²) in [5.41, 5.74) is 8.66. The summed E-state index contributed by atoms with van der Waals surface area (Å²) in [5, 5.41) is 3.02. The quantitative estimate of drug-likeness (QED) is 0.917. The second kappa shape index (κ2) is 6.63. The number of amides is 1. The number of rotatable bonds is 5. The molecule has 2 aromatic rings. The van der Waals surface area contributed by atoms with Crippen LogP contribution in [-0.2, 0) is 24.3 Å². The lowest BCUT2D eigenvalue weighted by Gasteiger charge is -2.17. The largest absolute Gasteiger partial charge is 0.340 e. The Bertz CT molecular complexity index is 594. The summed E-state index contributed by atoms with van der Waals surface area (Å²) >= 11 is 1.60. The van der Waals surface area contributed by atoms with Crippen LogP contribution in [0.1, 0.15) is 21.8 Å². The summed E-state index contributed by atoms with van der Waals surface area (Å²) < 4.78 is 0. The Labute approximate surface area is 123 Å². The molecular weight excluding hydrogens is 270 g/mol. The third kappa shape index (κ3) is 3.65. The topological polar surface area (TPSA) is 59.2 Å². The van der Waals surface area contributed by atoms with Crippen molar-refractivity contribution in [3.8, 4) is 0 Å². The van der Waals surface area contributed by atoms with Crippen LogP contribution in [0, 0.1) is 6.92 Å². The van der Waals surface area contributed by atoms with E-state index in [-0.39, 0.29) is 5.91 Å². The summed E-state index contributed by atoms with van der Waals surface area (Å²) in [6.07, 6.45) is 0.382. The van der Waals surface area contributed by atoms with Crippen LogP contribution in [0.5, 0.6) is 0 Å². The number of carbonyl (C=O) groups excluding carboxylic acids is 1. The van der Waals surface area contributed by atoms with E-state index in [0.717, 1.165) is 21.8 Å². The second-order valence-corrected chi connectivity index (χ2v) is 5.82. The summed E-state index contributed by atoms with van der Waals surface area (Å²) in [4.78, 5) is 18.3. The summed E-state index contributed by atoms with van der Waals surface area (Å²) in [5.74, 6) is 0.0801. The van der Waals surface area contributed by atoms with E-state index in [1.165, 1.54) is 0 Å².